The second-order valence-electron chi connectivity index (χ2n) is 8.27. The maximum absolute atomic E-state index is 12.8. The van der Waals surface area contributed by atoms with E-state index in [-0.39, 0.29) is 6.54 Å². The van der Waals surface area contributed by atoms with E-state index >= 15 is 0 Å². The fraction of sp³-hybridized carbons (Fsp3) is 0.231. The van der Waals surface area contributed by atoms with Crippen LogP contribution in [0.4, 0.5) is 4.79 Å². The molecule has 0 bridgehead atoms. The van der Waals surface area contributed by atoms with Gasteiger partial charge in [-0.15, -0.1) is 0 Å². The van der Waals surface area contributed by atoms with Gasteiger partial charge in [0.2, 0.25) is 0 Å². The first-order valence-corrected chi connectivity index (χ1v) is 11.4. The Kier molecular flexibility index (Phi) is 9.78. The highest BCUT2D eigenvalue weighted by atomic mass is 35.5. The molecule has 0 saturated carbocycles. The monoisotopic (exact) mass is 505 g/mol. The number of amides is 2. The third-order valence-electron chi connectivity index (χ3n) is 4.18. The molecule has 2 rings (SSSR count). The molecule has 174 valence electrons. The van der Waals surface area contributed by atoms with E-state index in [4.69, 9.17) is 39.5 Å². The quantitative estimate of drug-likeness (QED) is 0.294. The number of rotatable bonds is 6. The van der Waals surface area contributed by atoms with Gasteiger partial charge < -0.3 is 4.74 Å². The van der Waals surface area contributed by atoms with Crippen LogP contribution in [0.2, 0.25) is 15.1 Å². The molecule has 0 aliphatic rings. The predicted octanol–water partition coefficient (Wildman–Crippen LogP) is 8.08. The van der Waals surface area contributed by atoms with E-state index < -0.39 is 17.6 Å². The van der Waals surface area contributed by atoms with E-state index in [1.807, 2.05) is 25.1 Å². The number of halogens is 3. The SMILES string of the molecule is CC(C=CC(=O)N(CC=Cc1ccc(Cl)cc1)C(=O)OC(C)(C)C)=Cc1ccc(Cl)cc1Cl. The van der Waals surface area contributed by atoms with Crippen molar-refractivity contribution in [3.63, 3.8) is 0 Å². The molecule has 0 saturated heterocycles. The molecule has 7 heteroatoms. The molecule has 0 fully saturated rings. The van der Waals surface area contributed by atoms with Crippen molar-refractivity contribution in [2.75, 3.05) is 6.54 Å². The van der Waals surface area contributed by atoms with Crippen LogP contribution in [0.1, 0.15) is 38.8 Å². The van der Waals surface area contributed by atoms with Gasteiger partial charge in [0.15, 0.2) is 0 Å². The van der Waals surface area contributed by atoms with Gasteiger partial charge in [0.1, 0.15) is 5.60 Å². The van der Waals surface area contributed by atoms with Gasteiger partial charge in [0.05, 0.1) is 6.54 Å². The van der Waals surface area contributed by atoms with Crippen LogP contribution in [0.5, 0.6) is 0 Å². The Morgan fingerprint density at radius 2 is 1.61 bits per heavy atom. The zero-order chi connectivity index (χ0) is 24.6. The number of ether oxygens (including phenoxy) is 1. The predicted molar refractivity (Wildman–Crippen MR) is 138 cm³/mol. The molecule has 0 radical (unpaired) electrons. The summed E-state index contributed by atoms with van der Waals surface area (Å²) in [7, 11) is 0. The molecular formula is C26H26Cl3NO3. The van der Waals surface area contributed by atoms with E-state index in [1.54, 1.807) is 69.3 Å². The number of allylic oxidation sites excluding steroid dienone is 2. The zero-order valence-electron chi connectivity index (χ0n) is 18.9. The highest BCUT2D eigenvalue weighted by Gasteiger charge is 2.25. The van der Waals surface area contributed by atoms with Crippen LogP contribution in [-0.2, 0) is 9.53 Å². The standard InChI is InChI=1S/C26H26Cl3NO3/c1-18(16-20-10-13-22(28)17-23(20)29)7-14-24(31)30(25(32)33-26(2,3)4)15-5-6-19-8-11-21(27)12-9-19/h5-14,16-17H,15H2,1-4H3. The lowest BCUT2D eigenvalue weighted by Crippen LogP contribution is -2.40. The Hall–Kier alpha value is -2.53. The van der Waals surface area contributed by atoms with Gasteiger partial charge in [-0.05, 0) is 63.1 Å². The summed E-state index contributed by atoms with van der Waals surface area (Å²) in [6.07, 6.45) is 7.57. The van der Waals surface area contributed by atoms with Crippen LogP contribution >= 0.6 is 34.8 Å². The lowest BCUT2D eigenvalue weighted by molar-refractivity contribution is -0.124. The average molecular weight is 507 g/mol. The molecule has 0 aromatic heterocycles. The highest BCUT2D eigenvalue weighted by molar-refractivity contribution is 6.35. The molecule has 0 unspecified atom stereocenters. The van der Waals surface area contributed by atoms with E-state index in [9.17, 15) is 9.59 Å². The number of benzene rings is 2. The van der Waals surface area contributed by atoms with Crippen molar-refractivity contribution in [2.45, 2.75) is 33.3 Å². The van der Waals surface area contributed by atoms with Crippen molar-refractivity contribution in [1.82, 2.24) is 4.90 Å². The fourth-order valence-electron chi connectivity index (χ4n) is 2.64. The Bertz CT molecular complexity index is 1080. The summed E-state index contributed by atoms with van der Waals surface area (Å²) >= 11 is 18.0. The van der Waals surface area contributed by atoms with E-state index in [0.29, 0.717) is 15.1 Å². The van der Waals surface area contributed by atoms with Crippen LogP contribution in [0.25, 0.3) is 12.2 Å². The molecule has 2 aromatic carbocycles. The second-order valence-corrected chi connectivity index (χ2v) is 9.55. The summed E-state index contributed by atoms with van der Waals surface area (Å²) in [5.74, 6) is -0.500. The molecular weight excluding hydrogens is 481 g/mol. The van der Waals surface area contributed by atoms with Crippen LogP contribution in [0.3, 0.4) is 0 Å². The summed E-state index contributed by atoms with van der Waals surface area (Å²) in [4.78, 5) is 26.5. The maximum atomic E-state index is 12.8. The average Bonchev–Trinajstić information content (AvgIpc) is 2.71. The molecule has 0 spiro atoms. The van der Waals surface area contributed by atoms with Crippen molar-refractivity contribution in [3.05, 3.63) is 92.5 Å². The van der Waals surface area contributed by atoms with Gasteiger partial charge in [0, 0.05) is 21.1 Å². The number of hydrogen-bond donors (Lipinski definition) is 0. The van der Waals surface area contributed by atoms with Gasteiger partial charge in [-0.1, -0.05) is 82.9 Å². The largest absolute Gasteiger partial charge is 0.443 e. The van der Waals surface area contributed by atoms with Gasteiger partial charge in [-0.2, -0.15) is 0 Å². The van der Waals surface area contributed by atoms with Crippen molar-refractivity contribution in [1.29, 1.82) is 0 Å². The van der Waals surface area contributed by atoms with Crippen LogP contribution in [0.15, 0.2) is 66.3 Å². The molecule has 0 aliphatic heterocycles. The van der Waals surface area contributed by atoms with Crippen LogP contribution in [0, 0.1) is 0 Å². The molecule has 0 aliphatic carbocycles. The third kappa shape index (κ3) is 9.47. The number of carbonyl (C=O) groups is 2. The Morgan fingerprint density at radius 3 is 2.21 bits per heavy atom. The Balaban J connectivity index is 2.18. The highest BCUT2D eigenvalue weighted by Crippen LogP contribution is 2.23. The first kappa shape index (κ1) is 26.7. The molecule has 2 amide bonds. The normalized spacial score (nSPS) is 12.4. The van der Waals surface area contributed by atoms with Crippen molar-refractivity contribution in [2.24, 2.45) is 0 Å². The minimum Gasteiger partial charge on any atom is -0.443 e. The Labute approximate surface area is 210 Å². The van der Waals surface area contributed by atoms with Crippen LogP contribution < -0.4 is 0 Å². The summed E-state index contributed by atoms with van der Waals surface area (Å²) < 4.78 is 5.41. The van der Waals surface area contributed by atoms with E-state index in [1.165, 1.54) is 6.08 Å². The van der Waals surface area contributed by atoms with Gasteiger partial charge in [-0.3, -0.25) is 4.79 Å². The molecule has 2 aromatic rings. The van der Waals surface area contributed by atoms with Crippen molar-refractivity contribution >= 4 is 59.0 Å². The van der Waals surface area contributed by atoms with E-state index in [2.05, 4.69) is 0 Å². The smallest absolute Gasteiger partial charge is 0.417 e. The summed E-state index contributed by atoms with van der Waals surface area (Å²) in [5, 5.41) is 1.68. The second kappa shape index (κ2) is 12.1. The topological polar surface area (TPSA) is 46.6 Å². The lowest BCUT2D eigenvalue weighted by Gasteiger charge is -2.24. The first-order chi connectivity index (χ1) is 15.4. The summed E-state index contributed by atoms with van der Waals surface area (Å²) in [5.41, 5.74) is 1.70. The maximum Gasteiger partial charge on any atom is 0.417 e. The molecule has 0 atom stereocenters. The fourth-order valence-corrected chi connectivity index (χ4v) is 3.23. The van der Waals surface area contributed by atoms with Crippen molar-refractivity contribution < 1.29 is 14.3 Å². The molecule has 4 nitrogen and oxygen atoms in total. The van der Waals surface area contributed by atoms with Crippen molar-refractivity contribution in [3.8, 4) is 0 Å². The summed E-state index contributed by atoms with van der Waals surface area (Å²) in [6.45, 7) is 7.11. The van der Waals surface area contributed by atoms with E-state index in [0.717, 1.165) is 21.6 Å². The third-order valence-corrected chi connectivity index (χ3v) is 5.00. The lowest BCUT2D eigenvalue weighted by atomic mass is 10.1. The first-order valence-electron chi connectivity index (χ1n) is 10.2. The Morgan fingerprint density at radius 1 is 0.970 bits per heavy atom. The minimum atomic E-state index is -0.736. The molecule has 0 N–H and O–H groups in total. The van der Waals surface area contributed by atoms with Crippen LogP contribution in [-0.4, -0.2) is 29.0 Å². The molecule has 33 heavy (non-hydrogen) atoms. The summed E-state index contributed by atoms with van der Waals surface area (Å²) in [6, 6.07) is 12.4. The minimum absolute atomic E-state index is 0.0481. The number of nitrogens with zero attached hydrogens (tertiary/aromatic N) is 1. The number of carbonyl (C=O) groups excluding carboxylic acids is 2. The number of imide groups is 1. The van der Waals surface area contributed by atoms with Gasteiger partial charge in [-0.25, -0.2) is 9.69 Å². The molecule has 0 heterocycles. The number of hydrogen-bond acceptors (Lipinski definition) is 3. The van der Waals surface area contributed by atoms with Gasteiger partial charge in [0.25, 0.3) is 5.91 Å². The zero-order valence-corrected chi connectivity index (χ0v) is 21.2. The van der Waals surface area contributed by atoms with Gasteiger partial charge >= 0.3 is 6.09 Å².